The summed E-state index contributed by atoms with van der Waals surface area (Å²) in [6.07, 6.45) is -4.97. The molecule has 1 aromatic heterocycles. The van der Waals surface area contributed by atoms with E-state index in [9.17, 15) is 13.2 Å². The molecule has 16 heavy (non-hydrogen) atoms. The fourth-order valence-corrected chi connectivity index (χ4v) is 1.25. The zero-order valence-corrected chi connectivity index (χ0v) is 8.92. The Kier molecular flexibility index (Phi) is 4.37. The molecule has 1 N–H and O–H groups in total. The van der Waals surface area contributed by atoms with E-state index in [1.165, 1.54) is 4.90 Å². The summed E-state index contributed by atoms with van der Waals surface area (Å²) in [7, 11) is 1.59. The standard InChI is InChI=1S/C10H14F3NO2/c1-14(5-4-10(11,12)13)6-8-2-3-9(7-15)16-8/h2-3,15H,4-7H2,1H3. The summed E-state index contributed by atoms with van der Waals surface area (Å²) in [5.41, 5.74) is 0. The van der Waals surface area contributed by atoms with E-state index in [1.54, 1.807) is 19.2 Å². The fraction of sp³-hybridized carbons (Fsp3) is 0.600. The summed E-state index contributed by atoms with van der Waals surface area (Å²) in [4.78, 5) is 1.52. The zero-order chi connectivity index (χ0) is 12.2. The number of aliphatic hydroxyl groups excluding tert-OH is 1. The lowest BCUT2D eigenvalue weighted by molar-refractivity contribution is -0.137. The number of nitrogens with zero attached hydrogens (tertiary/aromatic N) is 1. The maximum absolute atomic E-state index is 11.9. The van der Waals surface area contributed by atoms with Gasteiger partial charge in [-0.3, -0.25) is 4.90 Å². The van der Waals surface area contributed by atoms with Crippen LogP contribution in [-0.2, 0) is 13.2 Å². The number of furan rings is 1. The number of aliphatic hydroxyl groups is 1. The molecule has 0 unspecified atom stereocenters. The number of halogens is 3. The normalized spacial score (nSPS) is 12.4. The summed E-state index contributed by atoms with van der Waals surface area (Å²) < 4.78 is 41.0. The van der Waals surface area contributed by atoms with Crippen LogP contribution < -0.4 is 0 Å². The molecule has 0 spiro atoms. The minimum absolute atomic E-state index is 0.0708. The highest BCUT2D eigenvalue weighted by Gasteiger charge is 2.27. The Morgan fingerprint density at radius 1 is 1.31 bits per heavy atom. The molecule has 0 aromatic carbocycles. The Morgan fingerprint density at radius 2 is 1.94 bits per heavy atom. The minimum Gasteiger partial charge on any atom is -0.462 e. The first kappa shape index (κ1) is 13.1. The van der Waals surface area contributed by atoms with Crippen molar-refractivity contribution in [3.63, 3.8) is 0 Å². The van der Waals surface area contributed by atoms with Crippen LogP contribution in [0.25, 0.3) is 0 Å². The predicted molar refractivity (Wildman–Crippen MR) is 51.6 cm³/mol. The van der Waals surface area contributed by atoms with Crippen molar-refractivity contribution in [2.75, 3.05) is 13.6 Å². The van der Waals surface area contributed by atoms with Crippen LogP contribution in [0.15, 0.2) is 16.5 Å². The molecule has 0 fully saturated rings. The molecule has 0 aliphatic carbocycles. The molecule has 0 radical (unpaired) electrons. The molecular formula is C10H14F3NO2. The van der Waals surface area contributed by atoms with E-state index in [-0.39, 0.29) is 13.2 Å². The van der Waals surface area contributed by atoms with E-state index in [0.29, 0.717) is 18.1 Å². The second-order valence-electron chi connectivity index (χ2n) is 3.63. The highest BCUT2D eigenvalue weighted by molar-refractivity contribution is 5.06. The average molecular weight is 237 g/mol. The molecule has 0 bridgehead atoms. The van der Waals surface area contributed by atoms with Crippen molar-refractivity contribution in [3.05, 3.63) is 23.7 Å². The van der Waals surface area contributed by atoms with Crippen LogP contribution in [0.4, 0.5) is 13.2 Å². The first-order valence-corrected chi connectivity index (χ1v) is 4.84. The molecule has 6 heteroatoms. The Bertz CT molecular complexity index is 322. The van der Waals surface area contributed by atoms with E-state index in [2.05, 4.69) is 0 Å². The SMILES string of the molecule is CN(CCC(F)(F)F)Cc1ccc(CO)o1. The monoisotopic (exact) mass is 237 g/mol. The van der Waals surface area contributed by atoms with Crippen LogP contribution >= 0.6 is 0 Å². The van der Waals surface area contributed by atoms with Crippen molar-refractivity contribution in [1.29, 1.82) is 0 Å². The van der Waals surface area contributed by atoms with Crippen LogP contribution in [0.1, 0.15) is 17.9 Å². The second-order valence-corrected chi connectivity index (χ2v) is 3.63. The molecule has 0 aliphatic rings. The first-order chi connectivity index (χ1) is 7.40. The van der Waals surface area contributed by atoms with Crippen LogP contribution in [0.2, 0.25) is 0 Å². The van der Waals surface area contributed by atoms with Gasteiger partial charge in [-0.25, -0.2) is 0 Å². The maximum Gasteiger partial charge on any atom is 0.390 e. The smallest absolute Gasteiger partial charge is 0.390 e. The van der Waals surface area contributed by atoms with Crippen LogP contribution in [0.5, 0.6) is 0 Å². The topological polar surface area (TPSA) is 36.6 Å². The van der Waals surface area contributed by atoms with Gasteiger partial charge in [-0.15, -0.1) is 0 Å². The molecule has 0 atom stereocenters. The number of alkyl halides is 3. The second kappa shape index (κ2) is 5.36. The summed E-state index contributed by atoms with van der Waals surface area (Å²) in [6.45, 7) is 0.0288. The van der Waals surface area contributed by atoms with Gasteiger partial charge < -0.3 is 9.52 Å². The Labute approximate surface area is 91.5 Å². The lowest BCUT2D eigenvalue weighted by Gasteiger charge is -2.16. The lowest BCUT2D eigenvalue weighted by atomic mass is 10.3. The van der Waals surface area contributed by atoms with Gasteiger partial charge in [0, 0.05) is 6.54 Å². The van der Waals surface area contributed by atoms with Gasteiger partial charge in [0.25, 0.3) is 0 Å². The highest BCUT2D eigenvalue weighted by Crippen LogP contribution is 2.20. The van der Waals surface area contributed by atoms with Crippen molar-refractivity contribution in [2.45, 2.75) is 25.7 Å². The quantitative estimate of drug-likeness (QED) is 0.852. The fourth-order valence-electron chi connectivity index (χ4n) is 1.25. The van der Waals surface area contributed by atoms with Gasteiger partial charge >= 0.3 is 6.18 Å². The van der Waals surface area contributed by atoms with Gasteiger partial charge in [0.1, 0.15) is 18.1 Å². The van der Waals surface area contributed by atoms with E-state index >= 15 is 0 Å². The van der Waals surface area contributed by atoms with Crippen molar-refractivity contribution in [1.82, 2.24) is 4.90 Å². The molecule has 0 saturated carbocycles. The molecule has 0 saturated heterocycles. The summed E-state index contributed by atoms with van der Waals surface area (Å²) in [6, 6.07) is 3.25. The zero-order valence-electron chi connectivity index (χ0n) is 8.92. The number of hydrogen-bond donors (Lipinski definition) is 1. The molecule has 0 aliphatic heterocycles. The molecule has 3 nitrogen and oxygen atoms in total. The summed E-state index contributed by atoms with van der Waals surface area (Å²) in [5.74, 6) is 0.966. The molecule has 0 amide bonds. The molecule has 1 heterocycles. The largest absolute Gasteiger partial charge is 0.462 e. The third-order valence-electron chi connectivity index (χ3n) is 2.08. The summed E-state index contributed by atoms with van der Waals surface area (Å²) in [5, 5.41) is 8.74. The van der Waals surface area contributed by atoms with E-state index in [1.807, 2.05) is 0 Å². The van der Waals surface area contributed by atoms with E-state index in [4.69, 9.17) is 9.52 Å². The minimum atomic E-state index is -4.13. The Hall–Kier alpha value is -1.01. The molecule has 1 aromatic rings. The van der Waals surface area contributed by atoms with Gasteiger partial charge in [0.15, 0.2) is 0 Å². The average Bonchev–Trinajstić information content (AvgIpc) is 2.61. The van der Waals surface area contributed by atoms with Gasteiger partial charge in [-0.05, 0) is 19.2 Å². The van der Waals surface area contributed by atoms with E-state index in [0.717, 1.165) is 0 Å². The predicted octanol–water partition coefficient (Wildman–Crippen LogP) is 2.16. The van der Waals surface area contributed by atoms with Crippen LogP contribution in [-0.4, -0.2) is 29.8 Å². The third-order valence-corrected chi connectivity index (χ3v) is 2.08. The number of hydrogen-bond acceptors (Lipinski definition) is 3. The third kappa shape index (κ3) is 4.67. The lowest BCUT2D eigenvalue weighted by Crippen LogP contribution is -2.23. The maximum atomic E-state index is 11.9. The number of rotatable bonds is 5. The Balaban J connectivity index is 2.36. The Morgan fingerprint density at radius 3 is 2.44 bits per heavy atom. The van der Waals surface area contributed by atoms with E-state index < -0.39 is 12.6 Å². The first-order valence-electron chi connectivity index (χ1n) is 4.84. The molecule has 1 rings (SSSR count). The van der Waals surface area contributed by atoms with Crippen molar-refractivity contribution in [2.24, 2.45) is 0 Å². The van der Waals surface area contributed by atoms with Crippen molar-refractivity contribution in [3.8, 4) is 0 Å². The van der Waals surface area contributed by atoms with Gasteiger partial charge in [0.2, 0.25) is 0 Å². The van der Waals surface area contributed by atoms with Crippen molar-refractivity contribution >= 4 is 0 Å². The van der Waals surface area contributed by atoms with Crippen molar-refractivity contribution < 1.29 is 22.7 Å². The highest BCUT2D eigenvalue weighted by atomic mass is 19.4. The van der Waals surface area contributed by atoms with Gasteiger partial charge in [-0.1, -0.05) is 0 Å². The molecule has 92 valence electrons. The van der Waals surface area contributed by atoms with Gasteiger partial charge in [-0.2, -0.15) is 13.2 Å². The van der Waals surface area contributed by atoms with Crippen LogP contribution in [0.3, 0.4) is 0 Å². The summed E-state index contributed by atoms with van der Waals surface area (Å²) >= 11 is 0. The van der Waals surface area contributed by atoms with Gasteiger partial charge in [0.05, 0.1) is 13.0 Å². The molecular weight excluding hydrogens is 223 g/mol. The van der Waals surface area contributed by atoms with Crippen LogP contribution in [0, 0.1) is 0 Å².